The number of nitrogens with zero attached hydrogens (tertiary/aromatic N) is 1. The Morgan fingerprint density at radius 2 is 1.58 bits per heavy atom. The highest BCUT2D eigenvalue weighted by Gasteiger charge is 2.30. The van der Waals surface area contributed by atoms with Crippen LogP contribution in [0.1, 0.15) is 11.1 Å². The Morgan fingerprint density at radius 1 is 0.958 bits per heavy atom. The number of rotatable bonds is 7. The second-order valence-corrected chi connectivity index (χ2v) is 4.81. The second kappa shape index (κ2) is 8.35. The van der Waals surface area contributed by atoms with E-state index in [0.29, 0.717) is 12.3 Å². The van der Waals surface area contributed by atoms with Crippen LogP contribution in [0.3, 0.4) is 0 Å². The van der Waals surface area contributed by atoms with Crippen LogP contribution in [0, 0.1) is 0 Å². The fraction of sp³-hybridized carbons (Fsp3) is 0.235. The Balaban J connectivity index is 1.86. The fourth-order valence-electron chi connectivity index (χ4n) is 1.83. The summed E-state index contributed by atoms with van der Waals surface area (Å²) in [7, 11) is 0. The molecular weight excluding hydrogens is 323 g/mol. The SMILES string of the molecule is OCC/N=C/c1ccc(OCc2ccc(OC(F)(F)F)cc2)cc1. The zero-order valence-electron chi connectivity index (χ0n) is 12.7. The maximum atomic E-state index is 12.1. The van der Waals surface area contributed by atoms with Crippen molar-refractivity contribution in [2.75, 3.05) is 13.2 Å². The number of alkyl halides is 3. The molecular formula is C17H16F3NO3. The Kier molecular flexibility index (Phi) is 6.20. The molecule has 0 aliphatic heterocycles. The zero-order valence-corrected chi connectivity index (χ0v) is 12.7. The molecule has 0 aliphatic carbocycles. The van der Waals surface area contributed by atoms with E-state index in [1.54, 1.807) is 18.3 Å². The zero-order chi connectivity index (χ0) is 17.4. The van der Waals surface area contributed by atoms with Crippen LogP contribution in [-0.4, -0.2) is 30.8 Å². The first-order chi connectivity index (χ1) is 11.5. The molecule has 2 aromatic rings. The predicted octanol–water partition coefficient (Wildman–Crippen LogP) is 3.58. The van der Waals surface area contributed by atoms with Crippen molar-refractivity contribution in [1.82, 2.24) is 0 Å². The van der Waals surface area contributed by atoms with Gasteiger partial charge in [0.15, 0.2) is 0 Å². The second-order valence-electron chi connectivity index (χ2n) is 4.81. The lowest BCUT2D eigenvalue weighted by atomic mass is 10.2. The lowest BCUT2D eigenvalue weighted by molar-refractivity contribution is -0.274. The minimum Gasteiger partial charge on any atom is -0.489 e. The van der Waals surface area contributed by atoms with E-state index in [4.69, 9.17) is 9.84 Å². The van der Waals surface area contributed by atoms with E-state index >= 15 is 0 Å². The topological polar surface area (TPSA) is 51.1 Å². The van der Waals surface area contributed by atoms with Crippen LogP contribution in [-0.2, 0) is 6.61 Å². The van der Waals surface area contributed by atoms with Gasteiger partial charge in [-0.3, -0.25) is 4.99 Å². The van der Waals surface area contributed by atoms with Gasteiger partial charge in [-0.25, -0.2) is 0 Å². The van der Waals surface area contributed by atoms with Crippen molar-refractivity contribution in [1.29, 1.82) is 0 Å². The van der Waals surface area contributed by atoms with Gasteiger partial charge >= 0.3 is 6.36 Å². The number of benzene rings is 2. The third kappa shape index (κ3) is 6.29. The highest BCUT2D eigenvalue weighted by atomic mass is 19.4. The fourth-order valence-corrected chi connectivity index (χ4v) is 1.83. The summed E-state index contributed by atoms with van der Waals surface area (Å²) in [6.07, 6.45) is -3.04. The number of halogens is 3. The summed E-state index contributed by atoms with van der Waals surface area (Å²) in [5, 5.41) is 8.64. The molecule has 128 valence electrons. The summed E-state index contributed by atoms with van der Waals surface area (Å²) in [4.78, 5) is 4.01. The molecule has 1 N–H and O–H groups in total. The number of aliphatic hydroxyl groups is 1. The summed E-state index contributed by atoms with van der Waals surface area (Å²) in [5.41, 5.74) is 1.60. The molecule has 0 spiro atoms. The molecule has 0 bridgehead atoms. The van der Waals surface area contributed by atoms with E-state index in [2.05, 4.69) is 9.73 Å². The van der Waals surface area contributed by atoms with Gasteiger partial charge in [0.1, 0.15) is 18.1 Å². The summed E-state index contributed by atoms with van der Waals surface area (Å²) in [5.74, 6) is 0.364. The molecule has 0 unspecified atom stereocenters. The molecule has 0 atom stereocenters. The van der Waals surface area contributed by atoms with Crippen LogP contribution in [0.4, 0.5) is 13.2 Å². The number of aliphatic hydroxyl groups excluding tert-OH is 1. The van der Waals surface area contributed by atoms with Crippen LogP contribution in [0.2, 0.25) is 0 Å². The van der Waals surface area contributed by atoms with Crippen LogP contribution in [0.5, 0.6) is 11.5 Å². The largest absolute Gasteiger partial charge is 0.573 e. The first-order valence-corrected chi connectivity index (χ1v) is 7.14. The maximum absolute atomic E-state index is 12.1. The summed E-state index contributed by atoms with van der Waals surface area (Å²) < 4.78 is 45.6. The van der Waals surface area contributed by atoms with Gasteiger partial charge in [0, 0.05) is 6.21 Å². The first-order valence-electron chi connectivity index (χ1n) is 7.14. The predicted molar refractivity (Wildman–Crippen MR) is 83.4 cm³/mol. The molecule has 0 radical (unpaired) electrons. The van der Waals surface area contributed by atoms with E-state index < -0.39 is 6.36 Å². The molecule has 0 fully saturated rings. The molecule has 24 heavy (non-hydrogen) atoms. The third-order valence-corrected chi connectivity index (χ3v) is 2.91. The molecule has 2 aromatic carbocycles. The van der Waals surface area contributed by atoms with Crippen molar-refractivity contribution >= 4 is 6.21 Å². The number of aliphatic imine (C=N–C) groups is 1. The molecule has 0 heterocycles. The van der Waals surface area contributed by atoms with E-state index in [-0.39, 0.29) is 19.0 Å². The standard InChI is InChI=1S/C17H16F3NO3/c18-17(19,20)24-16-7-3-14(4-8-16)12-23-15-5-1-13(2-6-15)11-21-9-10-22/h1-8,11,22H,9-10,12H2/b21-11+. The molecule has 0 aromatic heterocycles. The normalized spacial score (nSPS) is 11.7. The summed E-state index contributed by atoms with van der Waals surface area (Å²) >= 11 is 0. The molecule has 0 amide bonds. The number of hydrogen-bond acceptors (Lipinski definition) is 4. The molecule has 4 nitrogen and oxygen atoms in total. The van der Waals surface area contributed by atoms with Gasteiger partial charge < -0.3 is 14.6 Å². The molecule has 7 heteroatoms. The van der Waals surface area contributed by atoms with Crippen molar-refractivity contribution in [3.05, 3.63) is 59.7 Å². The Bertz CT molecular complexity index is 652. The third-order valence-electron chi connectivity index (χ3n) is 2.91. The lowest BCUT2D eigenvalue weighted by Crippen LogP contribution is -2.17. The quantitative estimate of drug-likeness (QED) is 0.785. The summed E-state index contributed by atoms with van der Waals surface area (Å²) in [6, 6.07) is 12.7. The average molecular weight is 339 g/mol. The van der Waals surface area contributed by atoms with Gasteiger partial charge in [-0.15, -0.1) is 13.2 Å². The molecule has 2 rings (SSSR count). The van der Waals surface area contributed by atoms with Crippen LogP contribution < -0.4 is 9.47 Å². The van der Waals surface area contributed by atoms with Crippen molar-refractivity contribution in [2.45, 2.75) is 13.0 Å². The Hall–Kier alpha value is -2.54. The highest BCUT2D eigenvalue weighted by molar-refractivity contribution is 5.79. The van der Waals surface area contributed by atoms with E-state index in [1.165, 1.54) is 24.3 Å². The van der Waals surface area contributed by atoms with E-state index in [9.17, 15) is 13.2 Å². The van der Waals surface area contributed by atoms with Gasteiger partial charge in [-0.05, 0) is 47.5 Å². The van der Waals surface area contributed by atoms with Gasteiger partial charge in [-0.2, -0.15) is 0 Å². The van der Waals surface area contributed by atoms with Crippen molar-refractivity contribution in [3.8, 4) is 11.5 Å². The minimum atomic E-state index is -4.69. The smallest absolute Gasteiger partial charge is 0.489 e. The number of ether oxygens (including phenoxy) is 2. The van der Waals surface area contributed by atoms with E-state index in [1.807, 2.05) is 12.1 Å². The van der Waals surface area contributed by atoms with Crippen LogP contribution >= 0.6 is 0 Å². The lowest BCUT2D eigenvalue weighted by Gasteiger charge is -2.10. The summed E-state index contributed by atoms with van der Waals surface area (Å²) in [6.45, 7) is 0.584. The van der Waals surface area contributed by atoms with Crippen molar-refractivity contribution < 1.29 is 27.8 Å². The van der Waals surface area contributed by atoms with Gasteiger partial charge in [0.05, 0.1) is 13.2 Å². The monoisotopic (exact) mass is 339 g/mol. The van der Waals surface area contributed by atoms with Crippen LogP contribution in [0.25, 0.3) is 0 Å². The maximum Gasteiger partial charge on any atom is 0.573 e. The minimum absolute atomic E-state index is 0.00446. The Morgan fingerprint density at radius 3 is 2.17 bits per heavy atom. The van der Waals surface area contributed by atoms with Crippen molar-refractivity contribution in [3.63, 3.8) is 0 Å². The Labute approximate surface area is 137 Å². The van der Waals surface area contributed by atoms with Crippen molar-refractivity contribution in [2.24, 2.45) is 4.99 Å². The first kappa shape index (κ1) is 17.8. The molecule has 0 aliphatic rings. The number of hydrogen-bond donors (Lipinski definition) is 1. The van der Waals surface area contributed by atoms with Crippen LogP contribution in [0.15, 0.2) is 53.5 Å². The molecule has 0 saturated carbocycles. The van der Waals surface area contributed by atoms with Gasteiger partial charge in [0.2, 0.25) is 0 Å². The van der Waals surface area contributed by atoms with E-state index in [0.717, 1.165) is 11.1 Å². The van der Waals surface area contributed by atoms with Gasteiger partial charge in [0.25, 0.3) is 0 Å². The van der Waals surface area contributed by atoms with Gasteiger partial charge in [-0.1, -0.05) is 12.1 Å². The highest BCUT2D eigenvalue weighted by Crippen LogP contribution is 2.23. The molecule has 0 saturated heterocycles. The average Bonchev–Trinajstić information content (AvgIpc) is 2.54.